The Bertz CT molecular complexity index is 522. The van der Waals surface area contributed by atoms with Crippen LogP contribution < -0.4 is 4.74 Å². The van der Waals surface area contributed by atoms with Gasteiger partial charge in [-0.15, -0.1) is 0 Å². The Kier molecular flexibility index (Phi) is 4.58. The van der Waals surface area contributed by atoms with Crippen LogP contribution in [0.2, 0.25) is 0 Å². The SMILES string of the molecule is CCCn1nccc1C(O)Cc1ccccc1OC. The Labute approximate surface area is 113 Å². The third-order valence-corrected chi connectivity index (χ3v) is 3.13. The molecular weight excluding hydrogens is 240 g/mol. The fraction of sp³-hybridized carbons (Fsp3) is 0.400. The summed E-state index contributed by atoms with van der Waals surface area (Å²) in [5.41, 5.74) is 1.86. The molecule has 0 bridgehead atoms. The fourth-order valence-electron chi connectivity index (χ4n) is 2.21. The summed E-state index contributed by atoms with van der Waals surface area (Å²) in [5, 5.41) is 14.6. The molecule has 1 heterocycles. The molecule has 0 aliphatic heterocycles. The first-order valence-corrected chi connectivity index (χ1v) is 6.58. The molecule has 0 amide bonds. The molecule has 0 aliphatic carbocycles. The van der Waals surface area contributed by atoms with E-state index in [9.17, 15) is 5.11 Å². The van der Waals surface area contributed by atoms with E-state index in [2.05, 4.69) is 12.0 Å². The maximum atomic E-state index is 10.4. The second kappa shape index (κ2) is 6.38. The third kappa shape index (κ3) is 3.15. The molecule has 0 saturated heterocycles. The Hall–Kier alpha value is -1.81. The molecule has 1 aromatic heterocycles. The van der Waals surface area contributed by atoms with Crippen LogP contribution in [0.25, 0.3) is 0 Å². The van der Waals surface area contributed by atoms with Gasteiger partial charge in [0.15, 0.2) is 0 Å². The molecular formula is C15H20N2O2. The van der Waals surface area contributed by atoms with Gasteiger partial charge in [-0.25, -0.2) is 0 Å². The van der Waals surface area contributed by atoms with Gasteiger partial charge >= 0.3 is 0 Å². The van der Waals surface area contributed by atoms with Gasteiger partial charge in [-0.1, -0.05) is 25.1 Å². The maximum Gasteiger partial charge on any atom is 0.122 e. The predicted molar refractivity (Wildman–Crippen MR) is 74.2 cm³/mol. The molecule has 4 heteroatoms. The van der Waals surface area contributed by atoms with Crippen LogP contribution in [0.15, 0.2) is 36.5 Å². The Morgan fingerprint density at radius 3 is 2.84 bits per heavy atom. The maximum absolute atomic E-state index is 10.4. The highest BCUT2D eigenvalue weighted by Gasteiger charge is 2.15. The number of aromatic nitrogens is 2. The van der Waals surface area contributed by atoms with Gasteiger partial charge in [0.25, 0.3) is 0 Å². The number of hydrogen-bond acceptors (Lipinski definition) is 3. The van der Waals surface area contributed by atoms with Crippen molar-refractivity contribution in [2.45, 2.75) is 32.4 Å². The molecule has 1 atom stereocenters. The lowest BCUT2D eigenvalue weighted by Gasteiger charge is -2.15. The first-order chi connectivity index (χ1) is 9.26. The quantitative estimate of drug-likeness (QED) is 0.868. The number of aliphatic hydroxyl groups excluding tert-OH is 1. The van der Waals surface area contributed by atoms with Crippen molar-refractivity contribution in [1.82, 2.24) is 9.78 Å². The van der Waals surface area contributed by atoms with Gasteiger partial charge in [0.05, 0.1) is 18.9 Å². The van der Waals surface area contributed by atoms with Crippen molar-refractivity contribution in [3.05, 3.63) is 47.8 Å². The van der Waals surface area contributed by atoms with Gasteiger partial charge in [0, 0.05) is 19.2 Å². The lowest BCUT2D eigenvalue weighted by atomic mass is 10.0. The molecule has 0 aliphatic rings. The minimum atomic E-state index is -0.564. The predicted octanol–water partition coefficient (Wildman–Crippen LogP) is 2.58. The summed E-state index contributed by atoms with van der Waals surface area (Å²) in [7, 11) is 1.65. The number of aliphatic hydroxyl groups is 1. The molecule has 2 rings (SSSR count). The van der Waals surface area contributed by atoms with Crippen LogP contribution >= 0.6 is 0 Å². The number of ether oxygens (including phenoxy) is 1. The first-order valence-electron chi connectivity index (χ1n) is 6.58. The van der Waals surface area contributed by atoms with E-state index >= 15 is 0 Å². The van der Waals surface area contributed by atoms with Crippen molar-refractivity contribution in [2.24, 2.45) is 0 Å². The Morgan fingerprint density at radius 1 is 1.32 bits per heavy atom. The van der Waals surface area contributed by atoms with E-state index < -0.39 is 6.10 Å². The standard InChI is InChI=1S/C15H20N2O2/c1-3-10-17-13(8-9-16-17)14(18)11-12-6-4-5-7-15(12)19-2/h4-9,14,18H,3,10-11H2,1-2H3. The monoisotopic (exact) mass is 260 g/mol. The molecule has 1 aromatic carbocycles. The van der Waals surface area contributed by atoms with Crippen molar-refractivity contribution in [1.29, 1.82) is 0 Å². The van der Waals surface area contributed by atoms with E-state index in [0.29, 0.717) is 6.42 Å². The lowest BCUT2D eigenvalue weighted by Crippen LogP contribution is -2.11. The largest absolute Gasteiger partial charge is 0.496 e. The molecule has 0 saturated carbocycles. The van der Waals surface area contributed by atoms with Gasteiger partial charge in [-0.2, -0.15) is 5.10 Å². The second-order valence-electron chi connectivity index (χ2n) is 4.51. The van der Waals surface area contributed by atoms with Gasteiger partial charge in [0.1, 0.15) is 5.75 Å². The van der Waals surface area contributed by atoms with Crippen LogP contribution in [0, 0.1) is 0 Å². The van der Waals surface area contributed by atoms with Crippen LogP contribution in [-0.4, -0.2) is 22.0 Å². The van der Waals surface area contributed by atoms with Crippen molar-refractivity contribution >= 4 is 0 Å². The van der Waals surface area contributed by atoms with Crippen molar-refractivity contribution in [3.63, 3.8) is 0 Å². The number of para-hydroxylation sites is 1. The van der Waals surface area contributed by atoms with Crippen molar-refractivity contribution in [3.8, 4) is 5.75 Å². The van der Waals surface area contributed by atoms with E-state index in [0.717, 1.165) is 30.0 Å². The van der Waals surface area contributed by atoms with E-state index in [1.807, 2.05) is 35.0 Å². The average molecular weight is 260 g/mol. The van der Waals surface area contributed by atoms with Gasteiger partial charge in [-0.05, 0) is 24.1 Å². The van der Waals surface area contributed by atoms with E-state index in [4.69, 9.17) is 4.74 Å². The molecule has 102 valence electrons. The normalized spacial score (nSPS) is 12.4. The van der Waals surface area contributed by atoms with E-state index in [1.54, 1.807) is 13.3 Å². The molecule has 2 aromatic rings. The number of rotatable bonds is 6. The van der Waals surface area contributed by atoms with Crippen LogP contribution in [0.1, 0.15) is 30.7 Å². The minimum absolute atomic E-state index is 0.527. The van der Waals surface area contributed by atoms with Gasteiger partial charge in [-0.3, -0.25) is 4.68 Å². The number of nitrogens with zero attached hydrogens (tertiary/aromatic N) is 2. The topological polar surface area (TPSA) is 47.3 Å². The zero-order valence-electron chi connectivity index (χ0n) is 11.4. The summed E-state index contributed by atoms with van der Waals surface area (Å²) >= 11 is 0. The first kappa shape index (κ1) is 13.6. The molecule has 4 nitrogen and oxygen atoms in total. The summed E-state index contributed by atoms with van der Waals surface area (Å²) in [6, 6.07) is 9.63. The number of benzene rings is 1. The smallest absolute Gasteiger partial charge is 0.122 e. The van der Waals surface area contributed by atoms with Crippen LogP contribution in [0.5, 0.6) is 5.75 Å². The highest BCUT2D eigenvalue weighted by Crippen LogP contribution is 2.24. The lowest BCUT2D eigenvalue weighted by molar-refractivity contribution is 0.165. The van der Waals surface area contributed by atoms with Crippen molar-refractivity contribution < 1.29 is 9.84 Å². The zero-order valence-corrected chi connectivity index (χ0v) is 11.4. The third-order valence-electron chi connectivity index (χ3n) is 3.13. The highest BCUT2D eigenvalue weighted by molar-refractivity contribution is 5.34. The van der Waals surface area contributed by atoms with E-state index in [1.165, 1.54) is 0 Å². The summed E-state index contributed by atoms with van der Waals surface area (Å²) in [4.78, 5) is 0. The summed E-state index contributed by atoms with van der Waals surface area (Å²) in [5.74, 6) is 0.808. The molecule has 0 fully saturated rings. The van der Waals surface area contributed by atoms with Crippen LogP contribution in [0.3, 0.4) is 0 Å². The molecule has 19 heavy (non-hydrogen) atoms. The molecule has 0 spiro atoms. The highest BCUT2D eigenvalue weighted by atomic mass is 16.5. The Balaban J connectivity index is 2.16. The summed E-state index contributed by atoms with van der Waals surface area (Å²) < 4.78 is 7.17. The van der Waals surface area contributed by atoms with Gasteiger partial charge < -0.3 is 9.84 Å². The Morgan fingerprint density at radius 2 is 2.11 bits per heavy atom. The van der Waals surface area contributed by atoms with Gasteiger partial charge in [0.2, 0.25) is 0 Å². The number of methoxy groups -OCH3 is 1. The number of aryl methyl sites for hydroxylation is 1. The summed E-state index contributed by atoms with van der Waals surface area (Å²) in [6.45, 7) is 2.92. The number of hydrogen-bond donors (Lipinski definition) is 1. The molecule has 1 unspecified atom stereocenters. The molecule has 0 radical (unpaired) electrons. The van der Waals surface area contributed by atoms with Crippen molar-refractivity contribution in [2.75, 3.05) is 7.11 Å². The van der Waals surface area contributed by atoms with Crippen LogP contribution in [-0.2, 0) is 13.0 Å². The minimum Gasteiger partial charge on any atom is -0.496 e. The van der Waals surface area contributed by atoms with E-state index in [-0.39, 0.29) is 0 Å². The average Bonchev–Trinajstić information content (AvgIpc) is 2.88. The summed E-state index contributed by atoms with van der Waals surface area (Å²) in [6.07, 6.45) is 2.69. The molecule has 1 N–H and O–H groups in total. The zero-order chi connectivity index (χ0) is 13.7. The second-order valence-corrected chi connectivity index (χ2v) is 4.51. The van der Waals surface area contributed by atoms with Crippen LogP contribution in [0.4, 0.5) is 0 Å². The fourth-order valence-corrected chi connectivity index (χ4v) is 2.21.